The highest BCUT2D eigenvalue weighted by Gasteiger charge is 2.22. The molecule has 0 amide bonds. The summed E-state index contributed by atoms with van der Waals surface area (Å²) in [6.07, 6.45) is 4.15. The molecule has 1 aromatic carbocycles. The van der Waals surface area contributed by atoms with E-state index in [9.17, 15) is 8.42 Å². The van der Waals surface area contributed by atoms with E-state index in [0.717, 1.165) is 44.3 Å². The molecule has 19 heavy (non-hydrogen) atoms. The van der Waals surface area contributed by atoms with Gasteiger partial charge < -0.3 is 5.32 Å². The van der Waals surface area contributed by atoms with Crippen LogP contribution in [0.3, 0.4) is 0 Å². The second kappa shape index (κ2) is 6.50. The Morgan fingerprint density at radius 2 is 1.79 bits per heavy atom. The average molecular weight is 282 g/mol. The fourth-order valence-corrected chi connectivity index (χ4v) is 3.69. The van der Waals surface area contributed by atoms with E-state index < -0.39 is 10.0 Å². The lowest BCUT2D eigenvalue weighted by Gasteiger charge is -2.12. The Morgan fingerprint density at radius 3 is 2.37 bits per heavy atom. The fraction of sp³-hybridized carbons (Fsp3) is 0.571. The average Bonchev–Trinajstić information content (AvgIpc) is 2.89. The zero-order valence-electron chi connectivity index (χ0n) is 11.4. The smallest absolute Gasteiger partial charge is 0.240 e. The highest BCUT2D eigenvalue weighted by atomic mass is 32.2. The second-order valence-corrected chi connectivity index (χ2v) is 6.74. The normalized spacial score (nSPS) is 16.9. The van der Waals surface area contributed by atoms with Crippen LogP contribution in [-0.2, 0) is 16.6 Å². The van der Waals surface area contributed by atoms with E-state index in [1.807, 2.05) is 19.1 Å². The van der Waals surface area contributed by atoms with Gasteiger partial charge in [0, 0.05) is 12.6 Å². The maximum atomic E-state index is 12.2. The molecule has 2 N–H and O–H groups in total. The Labute approximate surface area is 115 Å². The van der Waals surface area contributed by atoms with Crippen LogP contribution in [0.2, 0.25) is 0 Å². The lowest BCUT2D eigenvalue weighted by atomic mass is 10.2. The van der Waals surface area contributed by atoms with Crippen LogP contribution < -0.4 is 10.0 Å². The lowest BCUT2D eigenvalue weighted by Crippen LogP contribution is -2.32. The highest BCUT2D eigenvalue weighted by molar-refractivity contribution is 7.89. The van der Waals surface area contributed by atoms with Gasteiger partial charge in [0.25, 0.3) is 0 Å². The van der Waals surface area contributed by atoms with Crippen molar-refractivity contribution < 1.29 is 8.42 Å². The Hall–Kier alpha value is -0.910. The first kappa shape index (κ1) is 14.5. The van der Waals surface area contributed by atoms with Crippen LogP contribution >= 0.6 is 0 Å². The first-order chi connectivity index (χ1) is 9.12. The van der Waals surface area contributed by atoms with Gasteiger partial charge in [-0.2, -0.15) is 0 Å². The van der Waals surface area contributed by atoms with Crippen LogP contribution in [0.25, 0.3) is 0 Å². The van der Waals surface area contributed by atoms with Crippen molar-refractivity contribution in [3.05, 3.63) is 29.8 Å². The van der Waals surface area contributed by atoms with Gasteiger partial charge in [-0.05, 0) is 37.1 Å². The third-order valence-corrected chi connectivity index (χ3v) is 5.03. The molecule has 0 aliphatic heterocycles. The summed E-state index contributed by atoms with van der Waals surface area (Å²) in [6.45, 7) is 3.72. The standard InChI is InChI=1S/C14H22N2O2S/c1-2-15-11-12-7-9-14(10-8-12)19(17,18)16-13-5-3-4-6-13/h7-10,13,15-16H,2-6,11H2,1H3. The molecular formula is C14H22N2O2S. The molecule has 1 fully saturated rings. The first-order valence-corrected chi connectivity index (χ1v) is 8.42. The maximum absolute atomic E-state index is 12.2. The molecule has 0 heterocycles. The largest absolute Gasteiger partial charge is 0.313 e. The van der Waals surface area contributed by atoms with Gasteiger partial charge in [-0.25, -0.2) is 13.1 Å². The number of hydrogen-bond donors (Lipinski definition) is 2. The Morgan fingerprint density at radius 1 is 1.16 bits per heavy atom. The number of benzene rings is 1. The number of nitrogens with one attached hydrogen (secondary N) is 2. The van der Waals surface area contributed by atoms with Gasteiger partial charge in [-0.15, -0.1) is 0 Å². The molecule has 1 aliphatic rings. The van der Waals surface area contributed by atoms with E-state index in [-0.39, 0.29) is 6.04 Å². The lowest BCUT2D eigenvalue weighted by molar-refractivity contribution is 0.552. The molecule has 106 valence electrons. The van der Waals surface area contributed by atoms with Gasteiger partial charge in [0.05, 0.1) is 4.90 Å². The summed E-state index contributed by atoms with van der Waals surface area (Å²) >= 11 is 0. The summed E-state index contributed by atoms with van der Waals surface area (Å²) in [4.78, 5) is 0.361. The summed E-state index contributed by atoms with van der Waals surface area (Å²) in [5, 5.41) is 3.22. The molecule has 4 nitrogen and oxygen atoms in total. The number of rotatable bonds is 6. The van der Waals surface area contributed by atoms with Crippen molar-refractivity contribution in [2.45, 2.75) is 50.1 Å². The number of sulfonamides is 1. The SMILES string of the molecule is CCNCc1ccc(S(=O)(=O)NC2CCCC2)cc1. The first-order valence-electron chi connectivity index (χ1n) is 6.94. The Balaban J connectivity index is 2.03. The zero-order chi connectivity index (χ0) is 13.7. The maximum Gasteiger partial charge on any atom is 0.240 e. The third kappa shape index (κ3) is 4.03. The van der Waals surface area contributed by atoms with Gasteiger partial charge in [0.15, 0.2) is 0 Å². The van der Waals surface area contributed by atoms with E-state index in [1.165, 1.54) is 0 Å². The molecule has 0 spiro atoms. The summed E-state index contributed by atoms with van der Waals surface area (Å²) < 4.78 is 27.2. The molecule has 2 rings (SSSR count). The van der Waals surface area contributed by atoms with E-state index in [4.69, 9.17) is 0 Å². The quantitative estimate of drug-likeness (QED) is 0.839. The predicted molar refractivity (Wildman–Crippen MR) is 76.4 cm³/mol. The van der Waals surface area contributed by atoms with Gasteiger partial charge in [0.2, 0.25) is 10.0 Å². The predicted octanol–water partition coefficient (Wildman–Crippen LogP) is 2.02. The van der Waals surface area contributed by atoms with Crippen molar-refractivity contribution >= 4 is 10.0 Å². The van der Waals surface area contributed by atoms with Crippen LogP contribution in [0.5, 0.6) is 0 Å². The number of hydrogen-bond acceptors (Lipinski definition) is 3. The molecular weight excluding hydrogens is 260 g/mol. The van der Waals surface area contributed by atoms with Crippen molar-refractivity contribution in [2.24, 2.45) is 0 Å². The summed E-state index contributed by atoms with van der Waals surface area (Å²) in [5.74, 6) is 0. The minimum Gasteiger partial charge on any atom is -0.313 e. The van der Waals surface area contributed by atoms with Gasteiger partial charge in [0.1, 0.15) is 0 Å². The topological polar surface area (TPSA) is 58.2 Å². The molecule has 1 saturated carbocycles. The minimum absolute atomic E-state index is 0.117. The molecule has 0 atom stereocenters. The van der Waals surface area contributed by atoms with E-state index >= 15 is 0 Å². The molecule has 0 bridgehead atoms. The summed E-state index contributed by atoms with van der Waals surface area (Å²) in [5.41, 5.74) is 1.10. The van der Waals surface area contributed by atoms with Crippen LogP contribution in [-0.4, -0.2) is 21.0 Å². The highest BCUT2D eigenvalue weighted by Crippen LogP contribution is 2.20. The molecule has 0 radical (unpaired) electrons. The van der Waals surface area contributed by atoms with Crippen LogP contribution in [0.4, 0.5) is 0 Å². The summed E-state index contributed by atoms with van der Waals surface area (Å²) in [6, 6.07) is 7.22. The van der Waals surface area contributed by atoms with Crippen LogP contribution in [0.15, 0.2) is 29.2 Å². The molecule has 5 heteroatoms. The van der Waals surface area contributed by atoms with E-state index in [1.54, 1.807) is 12.1 Å². The van der Waals surface area contributed by atoms with Crippen LogP contribution in [0.1, 0.15) is 38.2 Å². The van der Waals surface area contributed by atoms with Gasteiger partial charge >= 0.3 is 0 Å². The molecule has 1 aliphatic carbocycles. The van der Waals surface area contributed by atoms with Crippen molar-refractivity contribution in [1.29, 1.82) is 0 Å². The molecule has 1 aromatic rings. The van der Waals surface area contributed by atoms with Crippen molar-refractivity contribution in [3.8, 4) is 0 Å². The van der Waals surface area contributed by atoms with Crippen molar-refractivity contribution in [3.63, 3.8) is 0 Å². The van der Waals surface area contributed by atoms with Crippen molar-refractivity contribution in [2.75, 3.05) is 6.54 Å². The van der Waals surface area contributed by atoms with E-state index in [0.29, 0.717) is 4.90 Å². The van der Waals surface area contributed by atoms with Gasteiger partial charge in [-0.1, -0.05) is 31.9 Å². The third-order valence-electron chi connectivity index (χ3n) is 3.49. The van der Waals surface area contributed by atoms with Gasteiger partial charge in [-0.3, -0.25) is 0 Å². The molecule has 0 unspecified atom stereocenters. The molecule has 0 aromatic heterocycles. The van der Waals surface area contributed by atoms with E-state index in [2.05, 4.69) is 10.0 Å². The fourth-order valence-electron chi connectivity index (χ4n) is 2.39. The summed E-state index contributed by atoms with van der Waals surface area (Å²) in [7, 11) is -3.35. The second-order valence-electron chi connectivity index (χ2n) is 5.03. The Bertz CT molecular complexity index is 491. The monoisotopic (exact) mass is 282 g/mol. The van der Waals surface area contributed by atoms with Crippen molar-refractivity contribution in [1.82, 2.24) is 10.0 Å². The minimum atomic E-state index is -3.35. The molecule has 0 saturated heterocycles. The van der Waals surface area contributed by atoms with Crippen LogP contribution in [0, 0.1) is 0 Å². The Kier molecular flexibility index (Phi) is 4.96. The zero-order valence-corrected chi connectivity index (χ0v) is 12.2.